The Bertz CT molecular complexity index is 765. The van der Waals surface area contributed by atoms with Crippen molar-refractivity contribution >= 4 is 21.7 Å². The van der Waals surface area contributed by atoms with Gasteiger partial charge in [-0.05, 0) is 32.4 Å². The largest absolute Gasteiger partial charge is 0.353 e. The minimum absolute atomic E-state index is 0.00549. The molecular formula is C20H31N3O4S. The second-order valence-electron chi connectivity index (χ2n) is 7.59. The molecule has 28 heavy (non-hydrogen) atoms. The monoisotopic (exact) mass is 409 g/mol. The van der Waals surface area contributed by atoms with Crippen LogP contribution in [0.1, 0.15) is 32.8 Å². The van der Waals surface area contributed by atoms with E-state index in [1.165, 1.54) is 0 Å². The van der Waals surface area contributed by atoms with Crippen LogP contribution in [0.15, 0.2) is 30.3 Å². The van der Waals surface area contributed by atoms with E-state index in [9.17, 15) is 18.0 Å². The highest BCUT2D eigenvalue weighted by atomic mass is 32.2. The molecule has 2 amide bonds. The Morgan fingerprint density at radius 3 is 2.39 bits per heavy atom. The quantitative estimate of drug-likeness (QED) is 0.659. The van der Waals surface area contributed by atoms with Gasteiger partial charge in [-0.1, -0.05) is 37.3 Å². The zero-order chi connectivity index (χ0) is 20.7. The van der Waals surface area contributed by atoms with Crippen LogP contribution in [0.4, 0.5) is 0 Å². The van der Waals surface area contributed by atoms with Crippen molar-refractivity contribution in [2.75, 3.05) is 31.1 Å². The third-order valence-corrected chi connectivity index (χ3v) is 6.54. The van der Waals surface area contributed by atoms with Crippen molar-refractivity contribution in [3.8, 4) is 0 Å². The first-order valence-corrected chi connectivity index (χ1v) is 11.6. The summed E-state index contributed by atoms with van der Waals surface area (Å²) >= 11 is 0. The number of carbonyl (C=O) groups is 2. The fraction of sp³-hybridized carbons (Fsp3) is 0.600. The van der Waals surface area contributed by atoms with E-state index >= 15 is 0 Å². The number of rotatable bonds is 9. The highest BCUT2D eigenvalue weighted by Crippen LogP contribution is 2.20. The minimum Gasteiger partial charge on any atom is -0.353 e. The van der Waals surface area contributed by atoms with Gasteiger partial charge in [-0.3, -0.25) is 14.5 Å². The Kier molecular flexibility index (Phi) is 8.00. The van der Waals surface area contributed by atoms with Gasteiger partial charge in [0.25, 0.3) is 0 Å². The molecule has 1 saturated heterocycles. The van der Waals surface area contributed by atoms with Crippen LogP contribution < -0.4 is 5.32 Å². The van der Waals surface area contributed by atoms with E-state index in [2.05, 4.69) is 5.32 Å². The van der Waals surface area contributed by atoms with Crippen LogP contribution in [0.2, 0.25) is 0 Å². The maximum Gasteiger partial charge on any atom is 0.237 e. The van der Waals surface area contributed by atoms with E-state index in [1.807, 2.05) is 51.1 Å². The van der Waals surface area contributed by atoms with E-state index < -0.39 is 9.84 Å². The van der Waals surface area contributed by atoms with Crippen LogP contribution in [0.5, 0.6) is 0 Å². The van der Waals surface area contributed by atoms with Crippen LogP contribution in [-0.4, -0.2) is 73.3 Å². The fourth-order valence-electron chi connectivity index (χ4n) is 3.35. The van der Waals surface area contributed by atoms with Gasteiger partial charge >= 0.3 is 0 Å². The summed E-state index contributed by atoms with van der Waals surface area (Å²) in [6.45, 7) is 6.84. The molecule has 1 aliphatic heterocycles. The van der Waals surface area contributed by atoms with Crippen LogP contribution in [0.3, 0.4) is 0 Å². The Hall–Kier alpha value is -1.93. The van der Waals surface area contributed by atoms with Gasteiger partial charge in [-0.25, -0.2) is 8.42 Å². The number of nitrogens with zero attached hydrogens (tertiary/aromatic N) is 2. The molecule has 0 bridgehead atoms. The maximum absolute atomic E-state index is 13.1. The molecule has 0 radical (unpaired) electrons. The third kappa shape index (κ3) is 6.91. The minimum atomic E-state index is -3.10. The molecule has 1 aromatic rings. The van der Waals surface area contributed by atoms with Gasteiger partial charge in [0.1, 0.15) is 0 Å². The summed E-state index contributed by atoms with van der Waals surface area (Å²) < 4.78 is 23.9. The molecule has 1 aromatic carbocycles. The topological polar surface area (TPSA) is 86.8 Å². The first-order valence-electron chi connectivity index (χ1n) is 9.75. The number of nitrogens with one attached hydrogen (secondary N) is 1. The van der Waals surface area contributed by atoms with Crippen molar-refractivity contribution in [1.82, 2.24) is 15.1 Å². The molecular weight excluding hydrogens is 378 g/mol. The van der Waals surface area contributed by atoms with Crippen LogP contribution in [-0.2, 0) is 26.0 Å². The number of hydrogen-bond acceptors (Lipinski definition) is 5. The van der Waals surface area contributed by atoms with E-state index in [0.717, 1.165) is 5.56 Å². The summed E-state index contributed by atoms with van der Waals surface area (Å²) in [6.07, 6.45) is 0.459. The molecule has 8 heteroatoms. The van der Waals surface area contributed by atoms with Crippen LogP contribution >= 0.6 is 0 Å². The summed E-state index contributed by atoms with van der Waals surface area (Å²) in [7, 11) is -3.10. The first kappa shape index (κ1) is 22.4. The van der Waals surface area contributed by atoms with Gasteiger partial charge < -0.3 is 10.2 Å². The lowest BCUT2D eigenvalue weighted by atomic mass is 10.1. The van der Waals surface area contributed by atoms with Gasteiger partial charge in [0.15, 0.2) is 9.84 Å². The highest BCUT2D eigenvalue weighted by Gasteiger charge is 2.35. The molecule has 156 valence electrons. The predicted octanol–water partition coefficient (Wildman–Crippen LogP) is 1.05. The fourth-order valence-corrected chi connectivity index (χ4v) is 5.09. The lowest BCUT2D eigenvalue weighted by molar-refractivity contribution is -0.135. The number of hydrogen-bond donors (Lipinski definition) is 1. The first-order chi connectivity index (χ1) is 13.2. The van der Waals surface area contributed by atoms with Gasteiger partial charge in [0.2, 0.25) is 11.8 Å². The maximum atomic E-state index is 13.1. The molecule has 0 aliphatic carbocycles. The summed E-state index contributed by atoms with van der Waals surface area (Å²) in [5.41, 5.74) is 0.959. The lowest BCUT2D eigenvalue weighted by Gasteiger charge is -2.31. The van der Waals surface area contributed by atoms with Crippen molar-refractivity contribution in [3.05, 3.63) is 35.9 Å². The van der Waals surface area contributed by atoms with Crippen molar-refractivity contribution in [2.24, 2.45) is 0 Å². The normalized spacial score (nSPS) is 18.4. The summed E-state index contributed by atoms with van der Waals surface area (Å²) in [5, 5.41) is 2.83. The van der Waals surface area contributed by atoms with Gasteiger partial charge in [-0.2, -0.15) is 0 Å². The summed E-state index contributed by atoms with van der Waals surface area (Å²) in [6, 6.07) is 9.29. The summed E-state index contributed by atoms with van der Waals surface area (Å²) in [4.78, 5) is 28.6. The Morgan fingerprint density at radius 2 is 1.86 bits per heavy atom. The molecule has 0 saturated carbocycles. The molecule has 7 nitrogen and oxygen atoms in total. The van der Waals surface area contributed by atoms with Gasteiger partial charge in [-0.15, -0.1) is 0 Å². The second kappa shape index (κ2) is 10.0. The molecule has 1 heterocycles. The molecule has 1 N–H and O–H groups in total. The highest BCUT2D eigenvalue weighted by molar-refractivity contribution is 7.91. The Labute approximate surface area is 168 Å². The van der Waals surface area contributed by atoms with E-state index in [-0.39, 0.29) is 48.5 Å². The number of sulfone groups is 1. The Balaban J connectivity index is 2.10. The van der Waals surface area contributed by atoms with Crippen molar-refractivity contribution in [2.45, 2.75) is 45.8 Å². The van der Waals surface area contributed by atoms with E-state index in [4.69, 9.17) is 0 Å². The van der Waals surface area contributed by atoms with Gasteiger partial charge in [0.05, 0.1) is 24.6 Å². The van der Waals surface area contributed by atoms with Crippen molar-refractivity contribution < 1.29 is 18.0 Å². The molecule has 0 aromatic heterocycles. The van der Waals surface area contributed by atoms with Crippen LogP contribution in [0.25, 0.3) is 0 Å². The van der Waals surface area contributed by atoms with Crippen molar-refractivity contribution in [3.63, 3.8) is 0 Å². The predicted molar refractivity (Wildman–Crippen MR) is 109 cm³/mol. The average molecular weight is 410 g/mol. The molecule has 1 atom stereocenters. The zero-order valence-corrected chi connectivity index (χ0v) is 17.7. The SMILES string of the molecule is CCN(CC(=O)NC(C)C)CC(=O)N(Cc1ccccc1)[C@@H]1CCS(=O)(=O)C1. The van der Waals surface area contributed by atoms with Gasteiger partial charge in [0, 0.05) is 18.6 Å². The molecule has 0 spiro atoms. The number of amides is 2. The molecule has 1 fully saturated rings. The summed E-state index contributed by atoms with van der Waals surface area (Å²) in [5.74, 6) is -0.149. The van der Waals surface area contributed by atoms with E-state index in [0.29, 0.717) is 19.5 Å². The smallest absolute Gasteiger partial charge is 0.237 e. The number of benzene rings is 1. The van der Waals surface area contributed by atoms with E-state index in [1.54, 1.807) is 9.80 Å². The Morgan fingerprint density at radius 1 is 1.18 bits per heavy atom. The molecule has 1 aliphatic rings. The lowest BCUT2D eigenvalue weighted by Crippen LogP contribution is -2.48. The number of carbonyl (C=O) groups excluding carboxylic acids is 2. The molecule has 0 unspecified atom stereocenters. The average Bonchev–Trinajstić information content (AvgIpc) is 2.98. The van der Waals surface area contributed by atoms with Crippen LogP contribution in [0, 0.1) is 0 Å². The number of likely N-dealkylation sites (N-methyl/N-ethyl adjacent to an activating group) is 1. The van der Waals surface area contributed by atoms with Crippen molar-refractivity contribution in [1.29, 1.82) is 0 Å². The third-order valence-electron chi connectivity index (χ3n) is 4.79. The zero-order valence-electron chi connectivity index (χ0n) is 16.9. The second-order valence-corrected chi connectivity index (χ2v) is 9.82. The standard InChI is InChI=1S/C20H31N3O4S/c1-4-22(13-19(24)21-16(2)3)14-20(25)23(12-17-8-6-5-7-9-17)18-10-11-28(26,27)15-18/h5-9,16,18H,4,10-15H2,1-3H3,(H,21,24)/t18-/m1/s1. The molecule has 2 rings (SSSR count).